The molecule has 0 spiro atoms. The van der Waals surface area contributed by atoms with Crippen molar-refractivity contribution in [1.82, 2.24) is 10.2 Å². The lowest BCUT2D eigenvalue weighted by molar-refractivity contribution is -0.119. The zero-order chi connectivity index (χ0) is 18.5. The van der Waals surface area contributed by atoms with E-state index in [1.807, 2.05) is 43.3 Å². The maximum absolute atomic E-state index is 11.6. The Hall–Kier alpha value is -2.53. The lowest BCUT2D eigenvalue weighted by atomic mass is 10.0. The molecule has 3 rings (SSSR count). The van der Waals surface area contributed by atoms with Gasteiger partial charge in [-0.2, -0.15) is 0 Å². The Morgan fingerprint density at radius 3 is 2.65 bits per heavy atom. The fourth-order valence-electron chi connectivity index (χ4n) is 3.44. The lowest BCUT2D eigenvalue weighted by Crippen LogP contribution is -2.38. The fraction of sp³-hybridized carbons (Fsp3) is 0.381. The van der Waals surface area contributed by atoms with E-state index in [0.717, 1.165) is 42.5 Å². The van der Waals surface area contributed by atoms with Crippen LogP contribution in [0.25, 0.3) is 6.08 Å². The number of carbonyl (C=O) groups is 1. The summed E-state index contributed by atoms with van der Waals surface area (Å²) in [7, 11) is 1.67. The van der Waals surface area contributed by atoms with Gasteiger partial charge in [0.1, 0.15) is 17.3 Å². The first-order valence-corrected chi connectivity index (χ1v) is 8.91. The van der Waals surface area contributed by atoms with Crippen LogP contribution in [0.1, 0.15) is 29.9 Å². The third-order valence-corrected chi connectivity index (χ3v) is 4.70. The number of amides is 1. The van der Waals surface area contributed by atoms with Gasteiger partial charge in [0.2, 0.25) is 5.91 Å². The quantitative estimate of drug-likeness (QED) is 0.865. The van der Waals surface area contributed by atoms with Crippen molar-refractivity contribution in [1.29, 1.82) is 0 Å². The van der Waals surface area contributed by atoms with Gasteiger partial charge in [-0.15, -0.1) is 0 Å². The molecule has 2 heterocycles. The summed E-state index contributed by atoms with van der Waals surface area (Å²) < 4.78 is 11.0. The van der Waals surface area contributed by atoms with Crippen molar-refractivity contribution in [2.75, 3.05) is 26.7 Å². The van der Waals surface area contributed by atoms with Crippen molar-refractivity contribution in [3.8, 4) is 5.75 Å². The van der Waals surface area contributed by atoms with E-state index < -0.39 is 0 Å². The van der Waals surface area contributed by atoms with E-state index >= 15 is 0 Å². The molecule has 5 nitrogen and oxygen atoms in total. The molecule has 1 aromatic heterocycles. The highest BCUT2D eigenvalue weighted by molar-refractivity contribution is 5.73. The first kappa shape index (κ1) is 18.3. The van der Waals surface area contributed by atoms with Gasteiger partial charge in [-0.3, -0.25) is 9.69 Å². The predicted octanol–water partition coefficient (Wildman–Crippen LogP) is 3.21. The first-order chi connectivity index (χ1) is 12.5. The summed E-state index contributed by atoms with van der Waals surface area (Å²) in [4.78, 5) is 13.9. The van der Waals surface area contributed by atoms with Crippen molar-refractivity contribution < 1.29 is 13.9 Å². The monoisotopic (exact) mass is 354 g/mol. The predicted molar refractivity (Wildman–Crippen MR) is 102 cm³/mol. The topological polar surface area (TPSA) is 54.7 Å². The Bertz CT molecular complexity index is 764. The number of rotatable bonds is 6. The molecular formula is C21H26N2O3. The van der Waals surface area contributed by atoms with Crippen LogP contribution < -0.4 is 10.1 Å². The van der Waals surface area contributed by atoms with E-state index in [1.165, 1.54) is 0 Å². The molecule has 2 aromatic rings. The van der Waals surface area contributed by atoms with Gasteiger partial charge in [0.05, 0.1) is 19.1 Å². The second kappa shape index (κ2) is 8.23. The Labute approximate surface area is 154 Å². The molecule has 0 aliphatic carbocycles. The van der Waals surface area contributed by atoms with Crippen molar-refractivity contribution in [3.63, 3.8) is 0 Å². The van der Waals surface area contributed by atoms with E-state index in [4.69, 9.17) is 9.15 Å². The summed E-state index contributed by atoms with van der Waals surface area (Å²) in [6.07, 6.45) is 4.26. The van der Waals surface area contributed by atoms with Crippen LogP contribution in [0.4, 0.5) is 0 Å². The molecule has 1 N–H and O–H groups in total. The van der Waals surface area contributed by atoms with Gasteiger partial charge in [-0.25, -0.2) is 0 Å². The first-order valence-electron chi connectivity index (χ1n) is 8.91. The second-order valence-corrected chi connectivity index (χ2v) is 6.76. The summed E-state index contributed by atoms with van der Waals surface area (Å²) in [6, 6.07) is 12.1. The normalized spacial score (nSPS) is 20.6. The van der Waals surface area contributed by atoms with Crippen LogP contribution in [-0.4, -0.2) is 43.6 Å². The molecular weight excluding hydrogens is 328 g/mol. The van der Waals surface area contributed by atoms with Crippen LogP contribution >= 0.6 is 0 Å². The van der Waals surface area contributed by atoms with Crippen molar-refractivity contribution in [3.05, 3.63) is 59.6 Å². The van der Waals surface area contributed by atoms with Gasteiger partial charge < -0.3 is 14.5 Å². The zero-order valence-electron chi connectivity index (χ0n) is 15.6. The molecule has 0 unspecified atom stereocenters. The molecule has 1 saturated heterocycles. The SMILES string of the molecule is COc1ccc(/C=C/CN2C[C@@H](NC(C)=O)[C@H](c3ccc(C)o3)C2)cc1. The highest BCUT2D eigenvalue weighted by Gasteiger charge is 2.35. The maximum atomic E-state index is 11.6. The van der Waals surface area contributed by atoms with Crippen LogP contribution in [-0.2, 0) is 4.79 Å². The van der Waals surface area contributed by atoms with Crippen LogP contribution in [0.3, 0.4) is 0 Å². The van der Waals surface area contributed by atoms with Gasteiger partial charge in [-0.1, -0.05) is 24.3 Å². The molecule has 1 aliphatic heterocycles. The van der Waals surface area contributed by atoms with Crippen LogP contribution in [0.5, 0.6) is 5.75 Å². The van der Waals surface area contributed by atoms with E-state index in [9.17, 15) is 4.79 Å². The minimum atomic E-state index is -0.00102. The molecule has 2 atom stereocenters. The largest absolute Gasteiger partial charge is 0.497 e. The van der Waals surface area contributed by atoms with Gasteiger partial charge in [0.25, 0.3) is 0 Å². The Kier molecular flexibility index (Phi) is 5.78. The summed E-state index contributed by atoms with van der Waals surface area (Å²) in [5, 5.41) is 3.07. The molecule has 1 aromatic carbocycles. The van der Waals surface area contributed by atoms with Crippen LogP contribution in [0, 0.1) is 6.92 Å². The average Bonchev–Trinajstić information content (AvgIpc) is 3.21. The molecule has 0 radical (unpaired) electrons. The number of methoxy groups -OCH3 is 1. The lowest BCUT2D eigenvalue weighted by Gasteiger charge is -2.17. The van der Waals surface area contributed by atoms with E-state index in [-0.39, 0.29) is 17.9 Å². The van der Waals surface area contributed by atoms with E-state index in [0.29, 0.717) is 0 Å². The smallest absolute Gasteiger partial charge is 0.217 e. The van der Waals surface area contributed by atoms with Crippen molar-refractivity contribution in [2.24, 2.45) is 0 Å². The van der Waals surface area contributed by atoms with Gasteiger partial charge in [0.15, 0.2) is 0 Å². The Balaban J connectivity index is 1.62. The Morgan fingerprint density at radius 1 is 1.27 bits per heavy atom. The second-order valence-electron chi connectivity index (χ2n) is 6.76. The number of furan rings is 1. The molecule has 26 heavy (non-hydrogen) atoms. The molecule has 138 valence electrons. The summed E-state index contributed by atoms with van der Waals surface area (Å²) in [6.45, 7) is 6.03. The number of hydrogen-bond acceptors (Lipinski definition) is 4. The Morgan fingerprint density at radius 2 is 2.04 bits per heavy atom. The van der Waals surface area contributed by atoms with Crippen LogP contribution in [0.15, 0.2) is 46.9 Å². The minimum Gasteiger partial charge on any atom is -0.497 e. The molecule has 1 fully saturated rings. The summed E-state index contributed by atoms with van der Waals surface area (Å²) >= 11 is 0. The highest BCUT2D eigenvalue weighted by atomic mass is 16.5. The molecule has 0 bridgehead atoms. The summed E-state index contributed by atoms with van der Waals surface area (Å²) in [5.41, 5.74) is 1.14. The van der Waals surface area contributed by atoms with Gasteiger partial charge >= 0.3 is 0 Å². The van der Waals surface area contributed by atoms with E-state index in [2.05, 4.69) is 22.4 Å². The van der Waals surface area contributed by atoms with Crippen molar-refractivity contribution >= 4 is 12.0 Å². The fourth-order valence-corrected chi connectivity index (χ4v) is 3.44. The van der Waals surface area contributed by atoms with Crippen molar-refractivity contribution in [2.45, 2.75) is 25.8 Å². The third kappa shape index (κ3) is 4.55. The van der Waals surface area contributed by atoms with Gasteiger partial charge in [0, 0.05) is 26.6 Å². The molecule has 1 aliphatic rings. The molecule has 5 heteroatoms. The summed E-state index contributed by atoms with van der Waals surface area (Å²) in [5.74, 6) is 2.89. The highest BCUT2D eigenvalue weighted by Crippen LogP contribution is 2.29. The number of nitrogens with one attached hydrogen (secondary N) is 1. The average molecular weight is 354 g/mol. The number of hydrogen-bond donors (Lipinski definition) is 1. The van der Waals surface area contributed by atoms with Crippen LogP contribution in [0.2, 0.25) is 0 Å². The number of aryl methyl sites for hydroxylation is 1. The maximum Gasteiger partial charge on any atom is 0.217 e. The minimum absolute atomic E-state index is 0.00102. The number of benzene rings is 1. The molecule has 1 amide bonds. The van der Waals surface area contributed by atoms with E-state index in [1.54, 1.807) is 14.0 Å². The van der Waals surface area contributed by atoms with Gasteiger partial charge in [-0.05, 0) is 36.8 Å². The number of carbonyl (C=O) groups excluding carboxylic acids is 1. The molecule has 0 saturated carbocycles. The standard InChI is InChI=1S/C21H26N2O3/c1-15-6-11-21(26-15)19-13-23(14-20(19)22-16(2)24)12-4-5-17-7-9-18(25-3)10-8-17/h4-11,19-20H,12-14H2,1-3H3,(H,22,24)/b5-4+/t19-,20-/m1/s1. The number of ether oxygens (including phenoxy) is 1. The zero-order valence-corrected chi connectivity index (χ0v) is 15.6. The third-order valence-electron chi connectivity index (χ3n) is 4.70. The number of nitrogens with zero attached hydrogens (tertiary/aromatic N) is 1. The number of likely N-dealkylation sites (tertiary alicyclic amines) is 1.